The predicted molar refractivity (Wildman–Crippen MR) is 93.3 cm³/mol. The Morgan fingerprint density at radius 1 is 0.957 bits per heavy atom. The van der Waals surface area contributed by atoms with Gasteiger partial charge in [0.2, 0.25) is 10.1 Å². The highest BCUT2D eigenvalue weighted by molar-refractivity contribution is 7.20. The Labute approximate surface area is 137 Å². The fourth-order valence-electron chi connectivity index (χ4n) is 2.40. The van der Waals surface area contributed by atoms with Crippen molar-refractivity contribution in [1.82, 2.24) is 19.8 Å². The van der Waals surface area contributed by atoms with Gasteiger partial charge in [0.25, 0.3) is 0 Å². The van der Waals surface area contributed by atoms with Gasteiger partial charge in [0.1, 0.15) is 0 Å². The van der Waals surface area contributed by atoms with E-state index in [9.17, 15) is 0 Å². The third-order valence-electron chi connectivity index (χ3n) is 3.57. The Morgan fingerprint density at radius 3 is 2.57 bits per heavy atom. The Morgan fingerprint density at radius 2 is 1.78 bits per heavy atom. The molecule has 1 N–H and O–H groups in total. The van der Waals surface area contributed by atoms with E-state index in [1.165, 1.54) is 22.5 Å². The molecule has 0 spiro atoms. The Balaban J connectivity index is 1.70. The van der Waals surface area contributed by atoms with Crippen LogP contribution >= 0.6 is 11.3 Å². The number of nitrogens with zero attached hydrogens (tertiary/aromatic N) is 4. The maximum absolute atomic E-state index is 4.60. The van der Waals surface area contributed by atoms with Crippen molar-refractivity contribution in [2.45, 2.75) is 13.8 Å². The molecular formula is C17H15N5S. The molecule has 0 fully saturated rings. The summed E-state index contributed by atoms with van der Waals surface area (Å²) in [5, 5.41) is 17.2. The fraction of sp³-hybridized carbons (Fsp3) is 0.118. The first kappa shape index (κ1) is 13.9. The fourth-order valence-corrected chi connectivity index (χ4v) is 3.16. The number of benzene rings is 2. The van der Waals surface area contributed by atoms with E-state index in [0.717, 1.165) is 27.2 Å². The first-order valence-corrected chi connectivity index (χ1v) is 8.14. The predicted octanol–water partition coefficient (Wildman–Crippen LogP) is 4.21. The van der Waals surface area contributed by atoms with E-state index in [1.54, 1.807) is 4.52 Å². The van der Waals surface area contributed by atoms with Crippen molar-refractivity contribution in [2.24, 2.45) is 0 Å². The van der Waals surface area contributed by atoms with E-state index in [0.29, 0.717) is 0 Å². The summed E-state index contributed by atoms with van der Waals surface area (Å²) in [7, 11) is 0. The zero-order valence-corrected chi connectivity index (χ0v) is 13.6. The summed E-state index contributed by atoms with van der Waals surface area (Å²) < 4.78 is 1.79. The number of rotatable bonds is 3. The second-order valence-corrected chi connectivity index (χ2v) is 6.44. The lowest BCUT2D eigenvalue weighted by Crippen LogP contribution is -1.94. The molecule has 2 heterocycles. The van der Waals surface area contributed by atoms with Gasteiger partial charge in [0.05, 0.1) is 0 Å². The van der Waals surface area contributed by atoms with Crippen LogP contribution in [0.15, 0.2) is 48.5 Å². The van der Waals surface area contributed by atoms with Gasteiger partial charge in [0, 0.05) is 11.3 Å². The van der Waals surface area contributed by atoms with E-state index in [1.807, 2.05) is 24.3 Å². The standard InChI is InChI=1S/C17H15N5S/c1-11-6-8-13(9-7-11)15-19-20-17-22(15)21-16(23-17)18-14-5-3-4-12(2)10-14/h3-10H,1-2H3,(H,18,21). The average molecular weight is 321 g/mol. The summed E-state index contributed by atoms with van der Waals surface area (Å²) in [5.74, 6) is 0.758. The van der Waals surface area contributed by atoms with Crippen LogP contribution in [0.5, 0.6) is 0 Å². The number of anilines is 2. The minimum absolute atomic E-state index is 0.758. The molecule has 0 amide bonds. The zero-order valence-electron chi connectivity index (χ0n) is 12.8. The zero-order chi connectivity index (χ0) is 15.8. The lowest BCUT2D eigenvalue weighted by atomic mass is 10.1. The molecule has 0 aliphatic rings. The van der Waals surface area contributed by atoms with Crippen LogP contribution in [0.4, 0.5) is 10.8 Å². The van der Waals surface area contributed by atoms with Gasteiger partial charge in [-0.05, 0) is 31.5 Å². The molecule has 2 aromatic carbocycles. The van der Waals surface area contributed by atoms with E-state index < -0.39 is 0 Å². The lowest BCUT2D eigenvalue weighted by molar-refractivity contribution is 0.970. The average Bonchev–Trinajstić information content (AvgIpc) is 3.08. The number of hydrogen-bond donors (Lipinski definition) is 1. The third kappa shape index (κ3) is 2.68. The van der Waals surface area contributed by atoms with Crippen molar-refractivity contribution in [3.05, 3.63) is 59.7 Å². The minimum Gasteiger partial charge on any atom is -0.330 e. The second-order valence-electron chi connectivity index (χ2n) is 5.49. The Hall–Kier alpha value is -2.73. The maximum Gasteiger partial charge on any atom is 0.236 e. The molecule has 0 radical (unpaired) electrons. The van der Waals surface area contributed by atoms with Gasteiger partial charge in [0.15, 0.2) is 5.82 Å². The highest BCUT2D eigenvalue weighted by Crippen LogP contribution is 2.26. The smallest absolute Gasteiger partial charge is 0.236 e. The molecule has 0 aliphatic heterocycles. The summed E-state index contributed by atoms with van der Waals surface area (Å²) >= 11 is 1.48. The highest BCUT2D eigenvalue weighted by Gasteiger charge is 2.13. The monoisotopic (exact) mass is 321 g/mol. The van der Waals surface area contributed by atoms with Crippen LogP contribution in [0, 0.1) is 13.8 Å². The van der Waals surface area contributed by atoms with Gasteiger partial charge in [-0.15, -0.1) is 15.3 Å². The molecule has 0 aliphatic carbocycles. The van der Waals surface area contributed by atoms with Crippen molar-refractivity contribution < 1.29 is 0 Å². The Kier molecular flexibility index (Phi) is 3.31. The maximum atomic E-state index is 4.60. The van der Waals surface area contributed by atoms with Crippen molar-refractivity contribution in [1.29, 1.82) is 0 Å². The van der Waals surface area contributed by atoms with Gasteiger partial charge in [-0.1, -0.05) is 53.3 Å². The van der Waals surface area contributed by atoms with Gasteiger partial charge >= 0.3 is 0 Å². The van der Waals surface area contributed by atoms with Crippen molar-refractivity contribution >= 4 is 27.1 Å². The summed E-state index contributed by atoms with van der Waals surface area (Å²) in [6, 6.07) is 16.4. The SMILES string of the molecule is Cc1ccc(-c2nnc3sc(Nc4cccc(C)c4)nn23)cc1. The molecule has 2 aromatic heterocycles. The number of aryl methyl sites for hydroxylation is 2. The van der Waals surface area contributed by atoms with Crippen molar-refractivity contribution in [3.8, 4) is 11.4 Å². The first-order chi connectivity index (χ1) is 11.2. The second kappa shape index (κ2) is 5.48. The number of hydrogen-bond acceptors (Lipinski definition) is 5. The van der Waals surface area contributed by atoms with Crippen LogP contribution < -0.4 is 5.32 Å². The van der Waals surface area contributed by atoms with Gasteiger partial charge in [-0.2, -0.15) is 4.52 Å². The highest BCUT2D eigenvalue weighted by atomic mass is 32.1. The van der Waals surface area contributed by atoms with Crippen LogP contribution in [0.3, 0.4) is 0 Å². The molecule has 0 atom stereocenters. The topological polar surface area (TPSA) is 55.1 Å². The summed E-state index contributed by atoms with van der Waals surface area (Å²) in [6.07, 6.45) is 0. The number of fused-ring (bicyclic) bond motifs is 1. The number of nitrogens with one attached hydrogen (secondary N) is 1. The summed E-state index contributed by atoms with van der Waals surface area (Å²) in [4.78, 5) is 0.774. The first-order valence-electron chi connectivity index (χ1n) is 7.32. The molecule has 0 bridgehead atoms. The Bertz CT molecular complexity index is 968. The molecule has 0 saturated heterocycles. The van der Waals surface area contributed by atoms with E-state index in [-0.39, 0.29) is 0 Å². The van der Waals surface area contributed by atoms with Crippen LogP contribution in [-0.4, -0.2) is 19.8 Å². The molecule has 4 rings (SSSR count). The molecule has 5 nitrogen and oxygen atoms in total. The van der Waals surface area contributed by atoms with E-state index in [2.05, 4.69) is 58.7 Å². The summed E-state index contributed by atoms with van der Waals surface area (Å²) in [5.41, 5.74) is 4.45. The molecule has 0 unspecified atom stereocenters. The molecule has 114 valence electrons. The quantitative estimate of drug-likeness (QED) is 0.614. The van der Waals surface area contributed by atoms with Crippen LogP contribution in [0.1, 0.15) is 11.1 Å². The summed E-state index contributed by atoms with van der Waals surface area (Å²) in [6.45, 7) is 4.13. The van der Waals surface area contributed by atoms with Gasteiger partial charge in [-0.25, -0.2) is 0 Å². The van der Waals surface area contributed by atoms with Crippen LogP contribution in [-0.2, 0) is 0 Å². The molecule has 6 heteroatoms. The van der Waals surface area contributed by atoms with Crippen LogP contribution in [0.25, 0.3) is 16.3 Å². The minimum atomic E-state index is 0.758. The molecular weight excluding hydrogens is 306 g/mol. The van der Waals surface area contributed by atoms with Crippen LogP contribution in [0.2, 0.25) is 0 Å². The molecule has 23 heavy (non-hydrogen) atoms. The van der Waals surface area contributed by atoms with E-state index >= 15 is 0 Å². The molecule has 0 saturated carbocycles. The van der Waals surface area contributed by atoms with Crippen molar-refractivity contribution in [3.63, 3.8) is 0 Å². The number of aromatic nitrogens is 4. The molecule has 4 aromatic rings. The van der Waals surface area contributed by atoms with Crippen molar-refractivity contribution in [2.75, 3.05) is 5.32 Å². The third-order valence-corrected chi connectivity index (χ3v) is 4.38. The lowest BCUT2D eigenvalue weighted by Gasteiger charge is -2.02. The van der Waals surface area contributed by atoms with E-state index in [4.69, 9.17) is 0 Å². The largest absolute Gasteiger partial charge is 0.330 e. The normalized spacial score (nSPS) is 11.0. The van der Waals surface area contributed by atoms with Gasteiger partial charge < -0.3 is 5.32 Å². The van der Waals surface area contributed by atoms with Gasteiger partial charge in [-0.3, -0.25) is 0 Å².